The largest absolute Gasteiger partial charge is 0.357 e. The molecule has 0 aliphatic carbocycles. The quantitative estimate of drug-likeness (QED) is 0.599. The van der Waals surface area contributed by atoms with Crippen LogP contribution in [0.1, 0.15) is 32.8 Å². The summed E-state index contributed by atoms with van der Waals surface area (Å²) in [6, 6.07) is 0.432. The van der Waals surface area contributed by atoms with Crippen LogP contribution in [0, 0.1) is 0 Å². The first-order chi connectivity index (χ1) is 8.15. The van der Waals surface area contributed by atoms with Gasteiger partial charge in [-0.3, -0.25) is 4.68 Å². The van der Waals surface area contributed by atoms with Gasteiger partial charge in [-0.2, -0.15) is 5.10 Å². The Kier molecular flexibility index (Phi) is 5.52. The topological polar surface area (TPSA) is 54.2 Å². The summed E-state index contributed by atoms with van der Waals surface area (Å²) in [5.74, 6) is 0.866. The van der Waals surface area contributed by atoms with Gasteiger partial charge in [-0.1, -0.05) is 6.92 Å². The van der Waals surface area contributed by atoms with Gasteiger partial charge in [0.05, 0.1) is 12.7 Å². The van der Waals surface area contributed by atoms with Crippen molar-refractivity contribution in [3.63, 3.8) is 0 Å². The van der Waals surface area contributed by atoms with Crippen LogP contribution in [-0.4, -0.2) is 28.3 Å². The zero-order valence-electron chi connectivity index (χ0n) is 11.2. The Balaban J connectivity index is 2.56. The maximum Gasteiger partial charge on any atom is 0.191 e. The first kappa shape index (κ1) is 13.5. The Bertz CT molecular complexity index is 356. The van der Waals surface area contributed by atoms with Crippen molar-refractivity contribution in [3.8, 4) is 0 Å². The normalized spacial score (nSPS) is 13.5. The van der Waals surface area contributed by atoms with Crippen molar-refractivity contribution in [2.24, 2.45) is 12.0 Å². The molecule has 1 unspecified atom stereocenters. The van der Waals surface area contributed by atoms with Crippen molar-refractivity contribution in [3.05, 3.63) is 18.0 Å². The molecule has 0 radical (unpaired) electrons. The minimum atomic E-state index is 0.432. The van der Waals surface area contributed by atoms with Gasteiger partial charge in [-0.05, 0) is 20.3 Å². The van der Waals surface area contributed by atoms with Crippen LogP contribution >= 0.6 is 0 Å². The molecule has 1 aromatic rings. The van der Waals surface area contributed by atoms with E-state index in [4.69, 9.17) is 0 Å². The minimum absolute atomic E-state index is 0.432. The first-order valence-electron chi connectivity index (χ1n) is 6.18. The zero-order valence-corrected chi connectivity index (χ0v) is 11.2. The number of nitrogens with zero attached hydrogens (tertiary/aromatic N) is 3. The number of aliphatic imine (C=N–C) groups is 1. The second-order valence-corrected chi connectivity index (χ2v) is 4.17. The lowest BCUT2D eigenvalue weighted by Crippen LogP contribution is -2.41. The van der Waals surface area contributed by atoms with E-state index in [0.717, 1.165) is 24.5 Å². The molecule has 17 heavy (non-hydrogen) atoms. The van der Waals surface area contributed by atoms with Gasteiger partial charge in [0.15, 0.2) is 5.96 Å². The third-order valence-electron chi connectivity index (χ3n) is 2.52. The number of nitrogens with one attached hydrogen (secondary N) is 2. The number of guanidine groups is 1. The zero-order chi connectivity index (χ0) is 12.7. The van der Waals surface area contributed by atoms with Crippen LogP contribution in [0.2, 0.25) is 0 Å². The highest BCUT2D eigenvalue weighted by molar-refractivity contribution is 5.80. The summed E-state index contributed by atoms with van der Waals surface area (Å²) in [6.07, 6.45) is 4.91. The number of rotatable bonds is 5. The summed E-state index contributed by atoms with van der Waals surface area (Å²) in [7, 11) is 1.91. The molecule has 0 bridgehead atoms. The summed E-state index contributed by atoms with van der Waals surface area (Å²) < 4.78 is 1.79. The fourth-order valence-corrected chi connectivity index (χ4v) is 1.38. The van der Waals surface area contributed by atoms with E-state index in [1.807, 2.05) is 19.4 Å². The minimum Gasteiger partial charge on any atom is -0.357 e. The maximum atomic E-state index is 4.53. The van der Waals surface area contributed by atoms with Gasteiger partial charge in [0.2, 0.25) is 0 Å². The molecule has 2 N–H and O–H groups in total. The number of hydrogen-bond acceptors (Lipinski definition) is 2. The fourth-order valence-electron chi connectivity index (χ4n) is 1.38. The monoisotopic (exact) mass is 237 g/mol. The molecule has 5 heteroatoms. The molecule has 0 spiro atoms. The van der Waals surface area contributed by atoms with E-state index in [2.05, 4.69) is 41.5 Å². The summed E-state index contributed by atoms with van der Waals surface area (Å²) in [5, 5.41) is 10.7. The van der Waals surface area contributed by atoms with Gasteiger partial charge in [-0.15, -0.1) is 0 Å². The molecule has 0 fully saturated rings. The van der Waals surface area contributed by atoms with Crippen molar-refractivity contribution in [2.45, 2.75) is 39.8 Å². The molecule has 0 saturated carbocycles. The first-order valence-corrected chi connectivity index (χ1v) is 6.18. The predicted octanol–water partition coefficient (Wildman–Crippen LogP) is 1.27. The maximum absolute atomic E-state index is 4.53. The van der Waals surface area contributed by atoms with E-state index in [0.29, 0.717) is 12.6 Å². The van der Waals surface area contributed by atoms with Crippen LogP contribution in [0.5, 0.6) is 0 Å². The van der Waals surface area contributed by atoms with Gasteiger partial charge in [-0.25, -0.2) is 4.99 Å². The molecule has 5 nitrogen and oxygen atoms in total. The Hall–Kier alpha value is -1.52. The predicted molar refractivity (Wildman–Crippen MR) is 70.9 cm³/mol. The number of aromatic nitrogens is 2. The van der Waals surface area contributed by atoms with Gasteiger partial charge >= 0.3 is 0 Å². The van der Waals surface area contributed by atoms with E-state index in [-0.39, 0.29) is 0 Å². The Morgan fingerprint density at radius 1 is 1.53 bits per heavy atom. The molecular weight excluding hydrogens is 214 g/mol. The average molecular weight is 237 g/mol. The molecule has 0 saturated heterocycles. The Morgan fingerprint density at radius 2 is 2.29 bits per heavy atom. The number of aryl methyl sites for hydroxylation is 1. The molecule has 1 atom stereocenters. The molecule has 0 aliphatic heterocycles. The van der Waals surface area contributed by atoms with E-state index in [1.54, 1.807) is 4.68 Å². The molecule has 1 rings (SSSR count). The number of hydrogen-bond donors (Lipinski definition) is 2. The SMILES string of the molecule is CCNC(=NCc1cnn(C)c1)NC(C)CC. The van der Waals surface area contributed by atoms with Crippen LogP contribution in [0.4, 0.5) is 0 Å². The van der Waals surface area contributed by atoms with E-state index < -0.39 is 0 Å². The molecule has 1 aromatic heterocycles. The lowest BCUT2D eigenvalue weighted by atomic mass is 10.3. The van der Waals surface area contributed by atoms with E-state index >= 15 is 0 Å². The molecule has 96 valence electrons. The summed E-state index contributed by atoms with van der Waals surface area (Å²) >= 11 is 0. The van der Waals surface area contributed by atoms with Crippen LogP contribution in [0.3, 0.4) is 0 Å². The Morgan fingerprint density at radius 3 is 2.82 bits per heavy atom. The highest BCUT2D eigenvalue weighted by Gasteiger charge is 2.02. The van der Waals surface area contributed by atoms with Crippen molar-refractivity contribution in [1.29, 1.82) is 0 Å². The van der Waals surface area contributed by atoms with Gasteiger partial charge in [0.25, 0.3) is 0 Å². The van der Waals surface area contributed by atoms with Crippen LogP contribution in [-0.2, 0) is 13.6 Å². The molecular formula is C12H23N5. The van der Waals surface area contributed by atoms with E-state index in [9.17, 15) is 0 Å². The van der Waals surface area contributed by atoms with Crippen molar-refractivity contribution >= 4 is 5.96 Å². The van der Waals surface area contributed by atoms with Crippen LogP contribution < -0.4 is 10.6 Å². The van der Waals surface area contributed by atoms with Crippen molar-refractivity contribution in [2.75, 3.05) is 6.54 Å². The molecule has 1 heterocycles. The van der Waals surface area contributed by atoms with Gasteiger partial charge in [0.1, 0.15) is 0 Å². The third-order valence-corrected chi connectivity index (χ3v) is 2.52. The van der Waals surface area contributed by atoms with Crippen molar-refractivity contribution in [1.82, 2.24) is 20.4 Å². The van der Waals surface area contributed by atoms with Gasteiger partial charge in [0, 0.05) is 31.4 Å². The fraction of sp³-hybridized carbons (Fsp3) is 0.667. The second-order valence-electron chi connectivity index (χ2n) is 4.17. The van der Waals surface area contributed by atoms with Gasteiger partial charge < -0.3 is 10.6 Å². The summed E-state index contributed by atoms with van der Waals surface area (Å²) in [4.78, 5) is 4.53. The van der Waals surface area contributed by atoms with E-state index in [1.165, 1.54) is 0 Å². The molecule has 0 aliphatic rings. The lowest BCUT2D eigenvalue weighted by Gasteiger charge is -2.15. The highest BCUT2D eigenvalue weighted by Crippen LogP contribution is 1.98. The third kappa shape index (κ3) is 4.89. The Labute approximate surface area is 103 Å². The summed E-state index contributed by atoms with van der Waals surface area (Å²) in [5.41, 5.74) is 1.12. The molecule has 0 amide bonds. The summed E-state index contributed by atoms with van der Waals surface area (Å²) in [6.45, 7) is 7.89. The standard InChI is InChI=1S/C12H23N5/c1-5-10(3)16-12(13-6-2)14-7-11-8-15-17(4)9-11/h8-10H,5-7H2,1-4H3,(H2,13,14,16). The average Bonchev–Trinajstić information content (AvgIpc) is 2.72. The second kappa shape index (κ2) is 6.93. The molecule has 0 aromatic carbocycles. The van der Waals surface area contributed by atoms with Crippen LogP contribution in [0.15, 0.2) is 17.4 Å². The van der Waals surface area contributed by atoms with Crippen LogP contribution in [0.25, 0.3) is 0 Å². The smallest absolute Gasteiger partial charge is 0.191 e. The lowest BCUT2D eigenvalue weighted by molar-refractivity contribution is 0.624. The highest BCUT2D eigenvalue weighted by atomic mass is 15.2. The van der Waals surface area contributed by atoms with Crippen molar-refractivity contribution < 1.29 is 0 Å².